The summed E-state index contributed by atoms with van der Waals surface area (Å²) >= 11 is 0. The number of nitrogens with zero attached hydrogens (tertiary/aromatic N) is 1. The fourth-order valence-electron chi connectivity index (χ4n) is 2.30. The van der Waals surface area contributed by atoms with E-state index in [1.165, 1.54) is 32.1 Å². The molecular weight excluding hydrogens is 136 g/mol. The first-order valence-corrected chi connectivity index (χ1v) is 4.78. The van der Waals surface area contributed by atoms with Crippen LogP contribution >= 0.6 is 0 Å². The van der Waals surface area contributed by atoms with Crippen molar-refractivity contribution in [2.45, 2.75) is 44.7 Å². The fraction of sp³-hybridized carbons (Fsp3) is 1.00. The number of hydrogen-bond acceptors (Lipinski definition) is 2. The van der Waals surface area contributed by atoms with Crippen LogP contribution in [0.5, 0.6) is 0 Å². The van der Waals surface area contributed by atoms with Crippen molar-refractivity contribution < 1.29 is 0 Å². The molecule has 11 heavy (non-hydrogen) atoms. The molecule has 2 heteroatoms. The van der Waals surface area contributed by atoms with Crippen LogP contribution in [-0.2, 0) is 0 Å². The summed E-state index contributed by atoms with van der Waals surface area (Å²) in [6.07, 6.45) is 6.95. The number of nitrogens with one attached hydrogen (secondary N) is 1. The molecule has 0 aromatic carbocycles. The third-order valence-corrected chi connectivity index (χ3v) is 3.48. The maximum atomic E-state index is 3.42. The monoisotopic (exact) mass is 154 g/mol. The van der Waals surface area contributed by atoms with Gasteiger partial charge in [0.15, 0.2) is 0 Å². The van der Waals surface area contributed by atoms with Gasteiger partial charge in [0, 0.05) is 7.05 Å². The van der Waals surface area contributed by atoms with E-state index >= 15 is 0 Å². The van der Waals surface area contributed by atoms with E-state index in [2.05, 4.69) is 24.4 Å². The van der Waals surface area contributed by atoms with Crippen molar-refractivity contribution in [1.82, 2.24) is 10.4 Å². The van der Waals surface area contributed by atoms with Gasteiger partial charge < -0.3 is 0 Å². The topological polar surface area (TPSA) is 25.0 Å². The van der Waals surface area contributed by atoms with Gasteiger partial charge in [0.1, 0.15) is 0 Å². The van der Waals surface area contributed by atoms with Crippen LogP contribution in [0.4, 0.5) is 0 Å². The average Bonchev–Trinajstić information content (AvgIpc) is 2.64. The molecule has 1 saturated carbocycles. The molecule has 1 aliphatic carbocycles. The molecule has 1 heterocycles. The third-order valence-electron chi connectivity index (χ3n) is 3.48. The standard InChI is InChI=1S/C9H18N2/c1-3-8-4-6-9(7-5-8)10-11(9)2/h8,10H,3-7H2,1-2H3. The van der Waals surface area contributed by atoms with Crippen LogP contribution in [0.3, 0.4) is 0 Å². The Balaban J connectivity index is 1.86. The summed E-state index contributed by atoms with van der Waals surface area (Å²) in [5.74, 6) is 1.01. The summed E-state index contributed by atoms with van der Waals surface area (Å²) in [5, 5.41) is 2.28. The zero-order valence-corrected chi connectivity index (χ0v) is 7.56. The minimum Gasteiger partial charge on any atom is -0.232 e. The van der Waals surface area contributed by atoms with E-state index in [4.69, 9.17) is 0 Å². The van der Waals surface area contributed by atoms with Crippen molar-refractivity contribution in [2.24, 2.45) is 5.92 Å². The van der Waals surface area contributed by atoms with Gasteiger partial charge in [-0.25, -0.2) is 10.4 Å². The summed E-state index contributed by atoms with van der Waals surface area (Å²) in [5.41, 5.74) is 3.87. The van der Waals surface area contributed by atoms with Gasteiger partial charge in [-0.3, -0.25) is 0 Å². The molecule has 64 valence electrons. The van der Waals surface area contributed by atoms with Gasteiger partial charge in [0.05, 0.1) is 5.66 Å². The Labute approximate surface area is 68.9 Å². The van der Waals surface area contributed by atoms with Gasteiger partial charge in [-0.1, -0.05) is 13.3 Å². The molecule has 0 aromatic heterocycles. The van der Waals surface area contributed by atoms with E-state index < -0.39 is 0 Å². The Morgan fingerprint density at radius 1 is 1.45 bits per heavy atom. The second kappa shape index (κ2) is 2.46. The predicted molar refractivity (Wildman–Crippen MR) is 45.9 cm³/mol. The zero-order chi connectivity index (χ0) is 7.90. The molecule has 1 unspecified atom stereocenters. The maximum absolute atomic E-state index is 3.42. The summed E-state index contributed by atoms with van der Waals surface area (Å²) < 4.78 is 0. The van der Waals surface area contributed by atoms with E-state index in [-0.39, 0.29) is 0 Å². The molecule has 2 rings (SSSR count). The Hall–Kier alpha value is -0.0800. The predicted octanol–water partition coefficient (Wildman–Crippen LogP) is 1.73. The summed E-state index contributed by atoms with van der Waals surface area (Å²) in [6.45, 7) is 2.31. The molecule has 2 nitrogen and oxygen atoms in total. The highest BCUT2D eigenvalue weighted by atomic mass is 15.8. The van der Waals surface area contributed by atoms with Crippen LogP contribution in [0, 0.1) is 5.92 Å². The number of hydrogen-bond donors (Lipinski definition) is 1. The Bertz CT molecular complexity index is 148. The number of hydrazine groups is 1. The van der Waals surface area contributed by atoms with Crippen LogP contribution < -0.4 is 5.43 Å². The first-order chi connectivity index (χ1) is 5.27. The summed E-state index contributed by atoms with van der Waals surface area (Å²) in [4.78, 5) is 0. The fourth-order valence-corrected chi connectivity index (χ4v) is 2.30. The molecular formula is C9H18N2. The average molecular weight is 154 g/mol. The first kappa shape index (κ1) is 7.56. The van der Waals surface area contributed by atoms with Crippen molar-refractivity contribution in [1.29, 1.82) is 0 Å². The van der Waals surface area contributed by atoms with Gasteiger partial charge >= 0.3 is 0 Å². The lowest BCUT2D eigenvalue weighted by atomic mass is 9.83. The maximum Gasteiger partial charge on any atom is 0.0971 e. The molecule has 2 fully saturated rings. The molecule has 0 amide bonds. The highest BCUT2D eigenvalue weighted by molar-refractivity contribution is 4.98. The summed E-state index contributed by atoms with van der Waals surface area (Å²) in [7, 11) is 2.16. The lowest BCUT2D eigenvalue weighted by Gasteiger charge is -2.26. The van der Waals surface area contributed by atoms with E-state index in [9.17, 15) is 0 Å². The van der Waals surface area contributed by atoms with Crippen LogP contribution in [0.1, 0.15) is 39.0 Å². The second-order valence-corrected chi connectivity index (χ2v) is 4.05. The van der Waals surface area contributed by atoms with E-state index in [0.717, 1.165) is 5.92 Å². The Kier molecular flexibility index (Phi) is 1.69. The van der Waals surface area contributed by atoms with E-state index in [1.807, 2.05) is 0 Å². The lowest BCUT2D eigenvalue weighted by molar-refractivity contribution is 0.261. The highest BCUT2D eigenvalue weighted by Crippen LogP contribution is 2.41. The van der Waals surface area contributed by atoms with Gasteiger partial charge in [-0.2, -0.15) is 0 Å². The Morgan fingerprint density at radius 3 is 2.36 bits per heavy atom. The lowest BCUT2D eigenvalue weighted by Crippen LogP contribution is -2.25. The zero-order valence-electron chi connectivity index (χ0n) is 7.56. The van der Waals surface area contributed by atoms with Crippen LogP contribution in [0.2, 0.25) is 0 Å². The molecule has 1 saturated heterocycles. The molecule has 1 N–H and O–H groups in total. The van der Waals surface area contributed by atoms with Crippen molar-refractivity contribution in [3.05, 3.63) is 0 Å². The van der Waals surface area contributed by atoms with Gasteiger partial charge in [0.25, 0.3) is 0 Å². The second-order valence-electron chi connectivity index (χ2n) is 4.05. The minimum absolute atomic E-state index is 0.450. The van der Waals surface area contributed by atoms with E-state index in [1.54, 1.807) is 0 Å². The van der Waals surface area contributed by atoms with Crippen molar-refractivity contribution in [2.75, 3.05) is 7.05 Å². The molecule has 1 aliphatic heterocycles. The van der Waals surface area contributed by atoms with Gasteiger partial charge in [-0.05, 0) is 31.6 Å². The molecule has 1 spiro atoms. The quantitative estimate of drug-likeness (QED) is 0.582. The van der Waals surface area contributed by atoms with Crippen molar-refractivity contribution in [3.8, 4) is 0 Å². The summed E-state index contributed by atoms with van der Waals surface area (Å²) in [6, 6.07) is 0. The van der Waals surface area contributed by atoms with Gasteiger partial charge in [0.2, 0.25) is 0 Å². The first-order valence-electron chi connectivity index (χ1n) is 4.78. The van der Waals surface area contributed by atoms with Crippen molar-refractivity contribution in [3.63, 3.8) is 0 Å². The molecule has 0 bridgehead atoms. The highest BCUT2D eigenvalue weighted by Gasteiger charge is 2.50. The third kappa shape index (κ3) is 1.18. The smallest absolute Gasteiger partial charge is 0.0971 e. The SMILES string of the molecule is CCC1CCC2(CC1)NN2C. The minimum atomic E-state index is 0.450. The van der Waals surface area contributed by atoms with Crippen LogP contribution in [-0.4, -0.2) is 17.7 Å². The van der Waals surface area contributed by atoms with Gasteiger partial charge in [-0.15, -0.1) is 0 Å². The van der Waals surface area contributed by atoms with Crippen molar-refractivity contribution >= 4 is 0 Å². The number of rotatable bonds is 1. The molecule has 1 atom stereocenters. The Morgan fingerprint density at radius 2 is 2.00 bits per heavy atom. The van der Waals surface area contributed by atoms with Crippen LogP contribution in [0.25, 0.3) is 0 Å². The molecule has 0 radical (unpaired) electrons. The normalized spacial score (nSPS) is 49.6. The largest absolute Gasteiger partial charge is 0.232 e. The molecule has 0 aromatic rings. The van der Waals surface area contributed by atoms with Crippen LogP contribution in [0.15, 0.2) is 0 Å². The van der Waals surface area contributed by atoms with E-state index in [0.29, 0.717) is 5.66 Å². The molecule has 2 aliphatic rings.